The summed E-state index contributed by atoms with van der Waals surface area (Å²) in [5.74, 6) is 0. The van der Waals surface area contributed by atoms with Crippen LogP contribution in [0.5, 0.6) is 0 Å². The molecule has 4 heteroatoms. The number of hydrogen-bond acceptors (Lipinski definition) is 4. The Balaban J connectivity index is 1.79. The molecule has 18 heavy (non-hydrogen) atoms. The largest absolute Gasteiger partial charge is 0.382 e. The topological polar surface area (TPSA) is 24.5 Å². The van der Waals surface area contributed by atoms with Gasteiger partial charge in [0.25, 0.3) is 0 Å². The number of thioether (sulfide) groups is 1. The molecular formula is C14H22N2OS. The van der Waals surface area contributed by atoms with Crippen LogP contribution in [-0.4, -0.2) is 50.0 Å². The Morgan fingerprint density at radius 1 is 1.39 bits per heavy atom. The molecule has 1 saturated heterocycles. The number of anilines is 1. The van der Waals surface area contributed by atoms with E-state index in [1.165, 1.54) is 10.6 Å². The van der Waals surface area contributed by atoms with Gasteiger partial charge in [0, 0.05) is 30.2 Å². The molecular weight excluding hydrogens is 244 g/mol. The number of likely N-dealkylation sites (N-methyl/N-ethyl adjacent to an activating group) is 1. The van der Waals surface area contributed by atoms with Gasteiger partial charge in [-0.15, -0.1) is 11.8 Å². The molecule has 1 heterocycles. The first-order valence-corrected chi connectivity index (χ1v) is 7.76. The maximum Gasteiger partial charge on any atom is 0.0874 e. The molecule has 1 aliphatic heterocycles. The van der Waals surface area contributed by atoms with Crippen LogP contribution in [0.25, 0.3) is 0 Å². The van der Waals surface area contributed by atoms with Gasteiger partial charge in [-0.1, -0.05) is 6.92 Å². The van der Waals surface area contributed by atoms with Crippen LogP contribution in [0, 0.1) is 0 Å². The standard InChI is InChI=1S/C14H22N2OS/c1-3-16-8-9-17-13(11-16)10-15-12-4-6-14(18-2)7-5-12/h4-7,13,15H,3,8-11H2,1-2H3. The van der Waals surface area contributed by atoms with Gasteiger partial charge in [0.1, 0.15) is 0 Å². The summed E-state index contributed by atoms with van der Waals surface area (Å²) < 4.78 is 5.77. The lowest BCUT2D eigenvalue weighted by Crippen LogP contribution is -2.45. The molecule has 0 radical (unpaired) electrons. The highest BCUT2D eigenvalue weighted by molar-refractivity contribution is 7.98. The first kappa shape index (κ1) is 13.7. The Hall–Kier alpha value is -0.710. The maximum atomic E-state index is 5.77. The Kier molecular flexibility index (Phi) is 5.35. The molecule has 1 aliphatic rings. The molecule has 2 rings (SSSR count). The highest BCUT2D eigenvalue weighted by Crippen LogP contribution is 2.17. The minimum atomic E-state index is 0.305. The van der Waals surface area contributed by atoms with Crippen molar-refractivity contribution in [3.05, 3.63) is 24.3 Å². The van der Waals surface area contributed by atoms with Crippen molar-refractivity contribution in [1.82, 2.24) is 4.90 Å². The van der Waals surface area contributed by atoms with Crippen molar-refractivity contribution in [3.63, 3.8) is 0 Å². The van der Waals surface area contributed by atoms with Gasteiger partial charge in [-0.05, 0) is 37.1 Å². The van der Waals surface area contributed by atoms with E-state index in [0.29, 0.717) is 6.10 Å². The van der Waals surface area contributed by atoms with Gasteiger partial charge in [0.05, 0.1) is 12.7 Å². The summed E-state index contributed by atoms with van der Waals surface area (Å²) in [4.78, 5) is 3.73. The van der Waals surface area contributed by atoms with E-state index in [-0.39, 0.29) is 0 Å². The van der Waals surface area contributed by atoms with Crippen LogP contribution in [0.2, 0.25) is 0 Å². The summed E-state index contributed by atoms with van der Waals surface area (Å²) in [7, 11) is 0. The van der Waals surface area contributed by atoms with Gasteiger partial charge < -0.3 is 10.1 Å². The molecule has 1 atom stereocenters. The van der Waals surface area contributed by atoms with E-state index in [9.17, 15) is 0 Å². The fourth-order valence-electron chi connectivity index (χ4n) is 2.13. The summed E-state index contributed by atoms with van der Waals surface area (Å²) in [6.45, 7) is 7.15. The Morgan fingerprint density at radius 2 is 2.17 bits per heavy atom. The molecule has 1 fully saturated rings. The van der Waals surface area contributed by atoms with E-state index < -0.39 is 0 Å². The van der Waals surface area contributed by atoms with Gasteiger partial charge in [-0.3, -0.25) is 4.90 Å². The summed E-state index contributed by atoms with van der Waals surface area (Å²) >= 11 is 1.77. The molecule has 0 saturated carbocycles. The van der Waals surface area contributed by atoms with Gasteiger partial charge in [-0.2, -0.15) is 0 Å². The SMILES string of the molecule is CCN1CCOC(CNc2ccc(SC)cc2)C1. The molecule has 1 N–H and O–H groups in total. The third-order valence-corrected chi connectivity index (χ3v) is 4.04. The zero-order valence-electron chi connectivity index (χ0n) is 11.2. The lowest BCUT2D eigenvalue weighted by molar-refractivity contribution is -0.0191. The number of ether oxygens (including phenoxy) is 1. The van der Waals surface area contributed by atoms with Crippen molar-refractivity contribution in [2.45, 2.75) is 17.9 Å². The van der Waals surface area contributed by atoms with Crippen LogP contribution in [0.15, 0.2) is 29.2 Å². The van der Waals surface area contributed by atoms with E-state index in [1.54, 1.807) is 11.8 Å². The lowest BCUT2D eigenvalue weighted by atomic mass is 10.2. The smallest absolute Gasteiger partial charge is 0.0874 e. The quantitative estimate of drug-likeness (QED) is 0.828. The normalized spacial score (nSPS) is 20.9. The minimum Gasteiger partial charge on any atom is -0.382 e. The molecule has 100 valence electrons. The van der Waals surface area contributed by atoms with Crippen molar-refractivity contribution < 1.29 is 4.74 Å². The average molecular weight is 266 g/mol. The van der Waals surface area contributed by atoms with Crippen molar-refractivity contribution >= 4 is 17.4 Å². The van der Waals surface area contributed by atoms with Crippen LogP contribution in [0.1, 0.15) is 6.92 Å². The van der Waals surface area contributed by atoms with E-state index in [2.05, 4.69) is 47.7 Å². The fourth-order valence-corrected chi connectivity index (χ4v) is 2.54. The van der Waals surface area contributed by atoms with E-state index in [4.69, 9.17) is 4.74 Å². The second-order valence-corrected chi connectivity index (χ2v) is 5.38. The van der Waals surface area contributed by atoms with Crippen molar-refractivity contribution in [3.8, 4) is 0 Å². The molecule has 1 aromatic rings. The van der Waals surface area contributed by atoms with Gasteiger partial charge >= 0.3 is 0 Å². The number of benzene rings is 1. The third-order valence-electron chi connectivity index (χ3n) is 3.29. The van der Waals surface area contributed by atoms with Crippen molar-refractivity contribution in [2.24, 2.45) is 0 Å². The summed E-state index contributed by atoms with van der Waals surface area (Å²) in [5.41, 5.74) is 1.17. The molecule has 0 aromatic heterocycles. The minimum absolute atomic E-state index is 0.305. The Bertz CT molecular complexity index is 355. The molecule has 0 aliphatic carbocycles. The maximum absolute atomic E-state index is 5.77. The Labute approximate surface area is 114 Å². The third kappa shape index (κ3) is 3.90. The van der Waals surface area contributed by atoms with E-state index >= 15 is 0 Å². The number of morpholine rings is 1. The fraction of sp³-hybridized carbons (Fsp3) is 0.571. The summed E-state index contributed by atoms with van der Waals surface area (Å²) in [5, 5.41) is 3.45. The van der Waals surface area contributed by atoms with Crippen LogP contribution < -0.4 is 5.32 Å². The summed E-state index contributed by atoms with van der Waals surface area (Å²) in [6.07, 6.45) is 2.40. The van der Waals surface area contributed by atoms with Crippen molar-refractivity contribution in [1.29, 1.82) is 0 Å². The molecule has 3 nitrogen and oxygen atoms in total. The molecule has 0 spiro atoms. The first-order chi connectivity index (χ1) is 8.81. The predicted molar refractivity (Wildman–Crippen MR) is 78.6 cm³/mol. The number of nitrogens with zero attached hydrogens (tertiary/aromatic N) is 1. The van der Waals surface area contributed by atoms with E-state index in [1.807, 2.05) is 0 Å². The van der Waals surface area contributed by atoms with Crippen molar-refractivity contribution in [2.75, 3.05) is 44.4 Å². The number of rotatable bonds is 5. The summed E-state index contributed by atoms with van der Waals surface area (Å²) in [6, 6.07) is 8.55. The van der Waals surface area contributed by atoms with Crippen LogP contribution in [0.4, 0.5) is 5.69 Å². The van der Waals surface area contributed by atoms with Gasteiger partial charge in [-0.25, -0.2) is 0 Å². The first-order valence-electron chi connectivity index (χ1n) is 6.53. The average Bonchev–Trinajstić information content (AvgIpc) is 2.46. The second kappa shape index (κ2) is 7.02. The highest BCUT2D eigenvalue weighted by Gasteiger charge is 2.18. The van der Waals surface area contributed by atoms with Crippen LogP contribution in [0.3, 0.4) is 0 Å². The second-order valence-electron chi connectivity index (χ2n) is 4.50. The molecule has 0 bridgehead atoms. The molecule has 1 aromatic carbocycles. The zero-order valence-corrected chi connectivity index (χ0v) is 12.0. The molecule has 1 unspecified atom stereocenters. The van der Waals surface area contributed by atoms with E-state index in [0.717, 1.165) is 32.8 Å². The zero-order chi connectivity index (χ0) is 12.8. The number of nitrogens with one attached hydrogen (secondary N) is 1. The lowest BCUT2D eigenvalue weighted by Gasteiger charge is -2.32. The van der Waals surface area contributed by atoms with Gasteiger partial charge in [0.15, 0.2) is 0 Å². The van der Waals surface area contributed by atoms with Crippen LogP contribution >= 0.6 is 11.8 Å². The number of hydrogen-bond donors (Lipinski definition) is 1. The van der Waals surface area contributed by atoms with Gasteiger partial charge in [0.2, 0.25) is 0 Å². The monoisotopic (exact) mass is 266 g/mol. The molecule has 0 amide bonds. The highest BCUT2D eigenvalue weighted by atomic mass is 32.2. The Morgan fingerprint density at radius 3 is 2.83 bits per heavy atom. The predicted octanol–water partition coefficient (Wildman–Crippen LogP) is 2.54. The van der Waals surface area contributed by atoms with Crippen LogP contribution in [-0.2, 0) is 4.74 Å².